The monoisotopic (exact) mass is 301 g/mol. The quantitative estimate of drug-likeness (QED) is 0.566. The minimum Gasteiger partial charge on any atom is -0.361 e. The van der Waals surface area contributed by atoms with Gasteiger partial charge >= 0.3 is 0 Å². The van der Waals surface area contributed by atoms with Crippen LogP contribution in [0.2, 0.25) is 0 Å². The SMILES string of the molecule is Cc1ccc(NC(=O)C(C#N)=Cc2c[nH]c3ccccc23)cc1. The van der Waals surface area contributed by atoms with Crippen molar-refractivity contribution in [2.45, 2.75) is 6.92 Å². The van der Waals surface area contributed by atoms with E-state index in [2.05, 4.69) is 10.3 Å². The van der Waals surface area contributed by atoms with Crippen molar-refractivity contribution in [3.8, 4) is 6.07 Å². The molecule has 0 spiro atoms. The molecule has 2 aromatic carbocycles. The van der Waals surface area contributed by atoms with Crippen LogP contribution in [0.4, 0.5) is 5.69 Å². The highest BCUT2D eigenvalue weighted by Gasteiger charge is 2.11. The van der Waals surface area contributed by atoms with Crippen molar-refractivity contribution in [1.29, 1.82) is 5.26 Å². The number of aromatic nitrogens is 1. The first-order valence-electron chi connectivity index (χ1n) is 7.23. The van der Waals surface area contributed by atoms with Crippen LogP contribution < -0.4 is 5.32 Å². The van der Waals surface area contributed by atoms with Crippen LogP contribution in [0.5, 0.6) is 0 Å². The molecule has 0 saturated heterocycles. The summed E-state index contributed by atoms with van der Waals surface area (Å²) in [5, 5.41) is 13.0. The lowest BCUT2D eigenvalue weighted by molar-refractivity contribution is -0.112. The first-order chi connectivity index (χ1) is 11.2. The largest absolute Gasteiger partial charge is 0.361 e. The highest BCUT2D eigenvalue weighted by molar-refractivity contribution is 6.10. The van der Waals surface area contributed by atoms with Crippen LogP contribution >= 0.6 is 0 Å². The van der Waals surface area contributed by atoms with Crippen molar-refractivity contribution in [3.63, 3.8) is 0 Å². The highest BCUT2D eigenvalue weighted by atomic mass is 16.1. The fraction of sp³-hybridized carbons (Fsp3) is 0.0526. The molecule has 3 rings (SSSR count). The van der Waals surface area contributed by atoms with Crippen molar-refractivity contribution in [2.24, 2.45) is 0 Å². The number of H-pyrrole nitrogens is 1. The third-order valence-electron chi connectivity index (χ3n) is 3.60. The first kappa shape index (κ1) is 14.6. The minimum absolute atomic E-state index is 0.0651. The van der Waals surface area contributed by atoms with Gasteiger partial charge in [0.05, 0.1) is 0 Å². The third-order valence-corrected chi connectivity index (χ3v) is 3.60. The molecule has 23 heavy (non-hydrogen) atoms. The average molecular weight is 301 g/mol. The third kappa shape index (κ3) is 3.14. The number of benzene rings is 2. The lowest BCUT2D eigenvalue weighted by Gasteiger charge is -2.04. The number of nitrogens with one attached hydrogen (secondary N) is 2. The Labute approximate surface area is 134 Å². The molecule has 1 aromatic heterocycles. The standard InChI is InChI=1S/C19H15N3O/c1-13-6-8-16(9-7-13)22-19(23)14(11-20)10-15-12-21-18-5-3-2-4-17(15)18/h2-10,12,21H,1H3,(H,22,23). The molecule has 0 bridgehead atoms. The van der Waals surface area contributed by atoms with Gasteiger partial charge in [-0.2, -0.15) is 5.26 Å². The Bertz CT molecular complexity index is 927. The molecule has 0 aliphatic rings. The summed E-state index contributed by atoms with van der Waals surface area (Å²) < 4.78 is 0. The summed E-state index contributed by atoms with van der Waals surface area (Å²) in [6.45, 7) is 1.98. The van der Waals surface area contributed by atoms with E-state index in [0.29, 0.717) is 5.69 Å². The number of hydrogen-bond donors (Lipinski definition) is 2. The second-order valence-electron chi connectivity index (χ2n) is 5.28. The summed E-state index contributed by atoms with van der Waals surface area (Å²) in [5.74, 6) is -0.415. The molecule has 112 valence electrons. The van der Waals surface area contributed by atoms with Crippen LogP contribution in [0, 0.1) is 18.3 Å². The summed E-state index contributed by atoms with van der Waals surface area (Å²) in [5.41, 5.74) is 3.63. The number of nitriles is 1. The number of nitrogens with zero attached hydrogens (tertiary/aromatic N) is 1. The molecule has 2 N–H and O–H groups in total. The van der Waals surface area contributed by atoms with Gasteiger partial charge in [-0.15, -0.1) is 0 Å². The van der Waals surface area contributed by atoms with Crippen LogP contribution in [0.3, 0.4) is 0 Å². The second-order valence-corrected chi connectivity index (χ2v) is 5.28. The Kier molecular flexibility index (Phi) is 3.94. The lowest BCUT2D eigenvalue weighted by atomic mass is 10.1. The van der Waals surface area contributed by atoms with Crippen molar-refractivity contribution in [1.82, 2.24) is 4.98 Å². The second kappa shape index (κ2) is 6.20. The maximum absolute atomic E-state index is 12.3. The van der Waals surface area contributed by atoms with E-state index in [1.807, 2.05) is 61.5 Å². The van der Waals surface area contributed by atoms with Crippen molar-refractivity contribution < 1.29 is 4.79 Å². The topological polar surface area (TPSA) is 68.7 Å². The predicted molar refractivity (Wildman–Crippen MR) is 91.7 cm³/mol. The zero-order valence-electron chi connectivity index (χ0n) is 12.6. The van der Waals surface area contributed by atoms with Crippen LogP contribution in [-0.2, 0) is 4.79 Å². The summed E-state index contributed by atoms with van der Waals surface area (Å²) in [4.78, 5) is 15.4. The van der Waals surface area contributed by atoms with Gasteiger partial charge in [0.1, 0.15) is 11.6 Å². The van der Waals surface area contributed by atoms with Crippen LogP contribution in [0.15, 0.2) is 60.3 Å². The van der Waals surface area contributed by atoms with Gasteiger partial charge in [-0.3, -0.25) is 4.79 Å². The Morgan fingerprint density at radius 3 is 2.65 bits per heavy atom. The lowest BCUT2D eigenvalue weighted by Crippen LogP contribution is -2.13. The summed E-state index contributed by atoms with van der Waals surface area (Å²) in [6.07, 6.45) is 3.39. The van der Waals surface area contributed by atoms with E-state index in [1.54, 1.807) is 12.3 Å². The highest BCUT2D eigenvalue weighted by Crippen LogP contribution is 2.20. The molecule has 0 radical (unpaired) electrons. The van der Waals surface area contributed by atoms with E-state index in [0.717, 1.165) is 22.0 Å². The van der Waals surface area contributed by atoms with Gasteiger partial charge in [0.25, 0.3) is 5.91 Å². The molecule has 1 amide bonds. The number of anilines is 1. The first-order valence-corrected chi connectivity index (χ1v) is 7.23. The molecule has 0 saturated carbocycles. The molecular formula is C19H15N3O. The van der Waals surface area contributed by atoms with E-state index < -0.39 is 5.91 Å². The van der Waals surface area contributed by atoms with E-state index >= 15 is 0 Å². The molecule has 0 atom stereocenters. The number of aromatic amines is 1. The molecule has 4 nitrogen and oxygen atoms in total. The van der Waals surface area contributed by atoms with Gasteiger partial charge in [-0.05, 0) is 31.2 Å². The maximum atomic E-state index is 12.3. The van der Waals surface area contributed by atoms with Crippen LogP contribution in [0.25, 0.3) is 17.0 Å². The minimum atomic E-state index is -0.415. The Balaban J connectivity index is 1.88. The summed E-state index contributed by atoms with van der Waals surface area (Å²) in [7, 11) is 0. The molecular weight excluding hydrogens is 286 g/mol. The van der Waals surface area contributed by atoms with Crippen LogP contribution in [0.1, 0.15) is 11.1 Å². The van der Waals surface area contributed by atoms with E-state index in [4.69, 9.17) is 0 Å². The normalized spacial score (nSPS) is 11.2. The number of carbonyl (C=O) groups excluding carboxylic acids is 1. The molecule has 1 heterocycles. The van der Waals surface area contributed by atoms with E-state index in [1.165, 1.54) is 0 Å². The van der Waals surface area contributed by atoms with Gasteiger partial charge in [0.15, 0.2) is 0 Å². The fourth-order valence-electron chi connectivity index (χ4n) is 2.35. The van der Waals surface area contributed by atoms with Crippen molar-refractivity contribution in [3.05, 3.63) is 71.4 Å². The summed E-state index contributed by atoms with van der Waals surface area (Å²) >= 11 is 0. The predicted octanol–water partition coefficient (Wildman–Crippen LogP) is 4.02. The maximum Gasteiger partial charge on any atom is 0.266 e. The zero-order valence-corrected chi connectivity index (χ0v) is 12.6. The molecule has 0 fully saturated rings. The fourth-order valence-corrected chi connectivity index (χ4v) is 2.35. The number of aryl methyl sites for hydroxylation is 1. The average Bonchev–Trinajstić information content (AvgIpc) is 2.97. The van der Waals surface area contributed by atoms with Gasteiger partial charge in [0.2, 0.25) is 0 Å². The number of para-hydroxylation sites is 1. The van der Waals surface area contributed by atoms with Gasteiger partial charge < -0.3 is 10.3 Å². The van der Waals surface area contributed by atoms with Gasteiger partial charge in [0, 0.05) is 28.4 Å². The van der Waals surface area contributed by atoms with E-state index in [-0.39, 0.29) is 5.57 Å². The smallest absolute Gasteiger partial charge is 0.266 e. The van der Waals surface area contributed by atoms with Crippen LogP contribution in [-0.4, -0.2) is 10.9 Å². The van der Waals surface area contributed by atoms with Gasteiger partial charge in [-0.25, -0.2) is 0 Å². The zero-order chi connectivity index (χ0) is 16.2. The number of hydrogen-bond acceptors (Lipinski definition) is 2. The molecule has 0 aliphatic carbocycles. The van der Waals surface area contributed by atoms with Crippen molar-refractivity contribution in [2.75, 3.05) is 5.32 Å². The summed E-state index contributed by atoms with van der Waals surface area (Å²) in [6, 6.07) is 17.2. The molecule has 4 heteroatoms. The molecule has 0 aliphatic heterocycles. The van der Waals surface area contributed by atoms with Gasteiger partial charge in [-0.1, -0.05) is 35.9 Å². The number of rotatable bonds is 3. The van der Waals surface area contributed by atoms with E-state index in [9.17, 15) is 10.1 Å². The van der Waals surface area contributed by atoms with Crippen molar-refractivity contribution >= 4 is 28.6 Å². The Morgan fingerprint density at radius 1 is 1.17 bits per heavy atom. The molecule has 3 aromatic rings. The Hall–Kier alpha value is -3.32. The Morgan fingerprint density at radius 2 is 1.91 bits per heavy atom. The number of fused-ring (bicyclic) bond motifs is 1. The number of carbonyl (C=O) groups is 1. The molecule has 0 unspecified atom stereocenters. The number of amides is 1.